The second kappa shape index (κ2) is 6.56. The Morgan fingerprint density at radius 3 is 2.35 bits per heavy atom. The van der Waals surface area contributed by atoms with Crippen molar-refractivity contribution in [3.63, 3.8) is 0 Å². The molecule has 0 spiro atoms. The van der Waals surface area contributed by atoms with Gasteiger partial charge in [-0.05, 0) is 17.9 Å². The molecule has 0 aliphatic carbocycles. The third-order valence-electron chi connectivity index (χ3n) is 3.22. The zero-order valence-corrected chi connectivity index (χ0v) is 12.4. The molecule has 0 aliphatic heterocycles. The van der Waals surface area contributed by atoms with Crippen LogP contribution < -0.4 is 10.6 Å². The molecule has 3 N–H and O–H groups in total. The molecule has 0 fully saturated rings. The Kier molecular flexibility index (Phi) is 5.33. The quantitative estimate of drug-likeness (QED) is 0.551. The van der Waals surface area contributed by atoms with Gasteiger partial charge in [-0.2, -0.15) is 0 Å². The van der Waals surface area contributed by atoms with Crippen molar-refractivity contribution >= 4 is 17.1 Å². The van der Waals surface area contributed by atoms with Crippen LogP contribution in [0, 0.1) is 15.5 Å². The fraction of sp³-hybridized carbons (Fsp3) is 0.571. The summed E-state index contributed by atoms with van der Waals surface area (Å²) in [5.74, 6) is 0. The van der Waals surface area contributed by atoms with Crippen molar-refractivity contribution in [2.24, 2.45) is 5.41 Å². The van der Waals surface area contributed by atoms with Crippen LogP contribution in [0.2, 0.25) is 0 Å². The normalized spacial score (nSPS) is 12.8. The number of nitro groups is 1. The van der Waals surface area contributed by atoms with Crippen molar-refractivity contribution in [1.29, 1.82) is 0 Å². The van der Waals surface area contributed by atoms with Gasteiger partial charge in [0.2, 0.25) is 0 Å². The van der Waals surface area contributed by atoms with E-state index >= 15 is 0 Å². The van der Waals surface area contributed by atoms with Crippen molar-refractivity contribution in [3.05, 3.63) is 28.3 Å². The van der Waals surface area contributed by atoms with Gasteiger partial charge in [-0.3, -0.25) is 10.1 Å². The van der Waals surface area contributed by atoms with Crippen LogP contribution in [-0.2, 0) is 0 Å². The summed E-state index contributed by atoms with van der Waals surface area (Å²) in [5.41, 5.74) is 1.33. The molecular formula is C14H23N3O3. The highest BCUT2D eigenvalue weighted by Crippen LogP contribution is 2.29. The summed E-state index contributed by atoms with van der Waals surface area (Å²) < 4.78 is 0. The fourth-order valence-electron chi connectivity index (χ4n) is 2.00. The zero-order chi connectivity index (χ0) is 15.3. The van der Waals surface area contributed by atoms with Crippen molar-refractivity contribution in [3.8, 4) is 0 Å². The predicted octanol–water partition coefficient (Wildman–Crippen LogP) is 2.85. The van der Waals surface area contributed by atoms with Crippen molar-refractivity contribution < 1.29 is 10.0 Å². The maximum atomic E-state index is 10.9. The third-order valence-corrected chi connectivity index (χ3v) is 3.22. The van der Waals surface area contributed by atoms with Gasteiger partial charge in [-0.25, -0.2) is 0 Å². The Hall–Kier alpha value is -1.82. The van der Waals surface area contributed by atoms with Gasteiger partial charge >= 0.3 is 0 Å². The van der Waals surface area contributed by atoms with E-state index in [2.05, 4.69) is 31.4 Å². The first-order chi connectivity index (χ1) is 9.27. The second-order valence-electron chi connectivity index (χ2n) is 5.85. The standard InChI is InChI=1S/C14H23N3O3/c1-14(2,3)13(5-6-18)16-11-7-10(15-4)8-12(9-11)17(19)20/h7-9,13,15-16,18H,5-6H2,1-4H3. The van der Waals surface area contributed by atoms with Crippen molar-refractivity contribution in [2.45, 2.75) is 33.2 Å². The lowest BCUT2D eigenvalue weighted by molar-refractivity contribution is -0.384. The lowest BCUT2D eigenvalue weighted by atomic mass is 9.84. The molecule has 0 bridgehead atoms. The van der Waals surface area contributed by atoms with E-state index in [0.29, 0.717) is 17.8 Å². The Balaban J connectivity index is 3.05. The summed E-state index contributed by atoms with van der Waals surface area (Å²) in [6, 6.07) is 4.85. The largest absolute Gasteiger partial charge is 0.396 e. The number of hydrogen-bond donors (Lipinski definition) is 3. The average Bonchev–Trinajstić information content (AvgIpc) is 2.36. The molecule has 1 aromatic rings. The minimum atomic E-state index is -0.413. The number of nitrogens with one attached hydrogen (secondary N) is 2. The first-order valence-corrected chi connectivity index (χ1v) is 6.62. The minimum absolute atomic E-state index is 0.0270. The van der Waals surface area contributed by atoms with E-state index in [9.17, 15) is 10.1 Å². The van der Waals surface area contributed by atoms with E-state index in [0.717, 1.165) is 0 Å². The summed E-state index contributed by atoms with van der Waals surface area (Å²) >= 11 is 0. The lowest BCUT2D eigenvalue weighted by Crippen LogP contribution is -2.34. The maximum Gasteiger partial charge on any atom is 0.273 e. The number of nitro benzene ring substituents is 1. The van der Waals surface area contributed by atoms with E-state index < -0.39 is 4.92 Å². The van der Waals surface area contributed by atoms with Crippen molar-refractivity contribution in [1.82, 2.24) is 0 Å². The highest BCUT2D eigenvalue weighted by molar-refractivity contribution is 5.63. The number of rotatable bonds is 6. The van der Waals surface area contributed by atoms with Gasteiger partial charge in [0.25, 0.3) is 5.69 Å². The zero-order valence-electron chi connectivity index (χ0n) is 12.4. The molecule has 0 saturated carbocycles. The van der Waals surface area contributed by atoms with Crippen LogP contribution in [0.25, 0.3) is 0 Å². The van der Waals surface area contributed by atoms with Gasteiger partial charge < -0.3 is 15.7 Å². The molecule has 1 unspecified atom stereocenters. The molecule has 112 valence electrons. The Bertz CT molecular complexity index is 469. The summed E-state index contributed by atoms with van der Waals surface area (Å²) in [6.07, 6.45) is 0.584. The summed E-state index contributed by atoms with van der Waals surface area (Å²) in [6.45, 7) is 6.27. The third kappa shape index (κ3) is 4.38. The van der Waals surface area contributed by atoms with Gasteiger partial charge in [0.05, 0.1) is 4.92 Å². The molecule has 0 radical (unpaired) electrons. The van der Waals surface area contributed by atoms with Crippen LogP contribution in [0.3, 0.4) is 0 Å². The maximum absolute atomic E-state index is 10.9. The lowest BCUT2D eigenvalue weighted by Gasteiger charge is -2.32. The SMILES string of the molecule is CNc1cc(NC(CCO)C(C)(C)C)cc([N+](=O)[O-])c1. The summed E-state index contributed by atoms with van der Waals surface area (Å²) in [4.78, 5) is 10.5. The smallest absolute Gasteiger partial charge is 0.273 e. The number of hydrogen-bond acceptors (Lipinski definition) is 5. The molecule has 6 nitrogen and oxygen atoms in total. The Labute approximate surface area is 119 Å². The molecule has 0 aliphatic rings. The first-order valence-electron chi connectivity index (χ1n) is 6.62. The van der Waals surface area contributed by atoms with E-state index in [1.54, 1.807) is 7.05 Å². The van der Waals surface area contributed by atoms with Crippen molar-refractivity contribution in [2.75, 3.05) is 24.3 Å². The molecule has 0 amide bonds. The van der Waals surface area contributed by atoms with Crippen LogP contribution in [-0.4, -0.2) is 29.7 Å². The molecule has 0 aromatic heterocycles. The summed E-state index contributed by atoms with van der Waals surface area (Å²) in [5, 5.41) is 26.3. The highest BCUT2D eigenvalue weighted by atomic mass is 16.6. The molecule has 6 heteroatoms. The Morgan fingerprint density at radius 1 is 1.30 bits per heavy atom. The van der Waals surface area contributed by atoms with Gasteiger partial charge in [0, 0.05) is 43.2 Å². The number of aliphatic hydroxyl groups is 1. The van der Waals surface area contributed by atoms with Gasteiger partial charge in [-0.15, -0.1) is 0 Å². The highest BCUT2D eigenvalue weighted by Gasteiger charge is 2.24. The predicted molar refractivity (Wildman–Crippen MR) is 81.2 cm³/mol. The monoisotopic (exact) mass is 281 g/mol. The summed E-state index contributed by atoms with van der Waals surface area (Å²) in [7, 11) is 1.72. The molecular weight excluding hydrogens is 258 g/mol. The fourth-order valence-corrected chi connectivity index (χ4v) is 2.00. The van der Waals surface area contributed by atoms with Crippen LogP contribution in [0.4, 0.5) is 17.1 Å². The number of aliphatic hydroxyl groups excluding tert-OH is 1. The van der Waals surface area contributed by atoms with Crippen LogP contribution in [0.5, 0.6) is 0 Å². The second-order valence-corrected chi connectivity index (χ2v) is 5.85. The van der Waals surface area contributed by atoms with E-state index in [1.807, 2.05) is 6.07 Å². The number of nitrogens with zero attached hydrogens (tertiary/aromatic N) is 1. The topological polar surface area (TPSA) is 87.4 Å². The molecule has 0 heterocycles. The van der Waals surface area contributed by atoms with Gasteiger partial charge in [0.15, 0.2) is 0 Å². The number of anilines is 2. The molecule has 1 rings (SSSR count). The van der Waals surface area contributed by atoms with E-state index in [4.69, 9.17) is 5.11 Å². The van der Waals surface area contributed by atoms with Crippen LogP contribution >= 0.6 is 0 Å². The van der Waals surface area contributed by atoms with Gasteiger partial charge in [-0.1, -0.05) is 20.8 Å². The van der Waals surface area contributed by atoms with Crippen LogP contribution in [0.15, 0.2) is 18.2 Å². The molecule has 0 saturated heterocycles. The van der Waals surface area contributed by atoms with Crippen LogP contribution in [0.1, 0.15) is 27.2 Å². The number of non-ortho nitro benzene ring substituents is 1. The number of benzene rings is 1. The van der Waals surface area contributed by atoms with Gasteiger partial charge in [0.1, 0.15) is 0 Å². The average molecular weight is 281 g/mol. The molecule has 20 heavy (non-hydrogen) atoms. The van der Waals surface area contributed by atoms with E-state index in [-0.39, 0.29) is 23.8 Å². The Morgan fingerprint density at radius 2 is 1.90 bits per heavy atom. The molecule has 1 atom stereocenters. The molecule has 1 aromatic carbocycles. The van der Waals surface area contributed by atoms with E-state index in [1.165, 1.54) is 12.1 Å². The minimum Gasteiger partial charge on any atom is -0.396 e. The first kappa shape index (κ1) is 16.2.